The quantitative estimate of drug-likeness (QED) is 0.677. The molecule has 20 heavy (non-hydrogen) atoms. The summed E-state index contributed by atoms with van der Waals surface area (Å²) in [6.07, 6.45) is 0.742. The third-order valence-electron chi connectivity index (χ3n) is 3.06. The van der Waals surface area contributed by atoms with E-state index in [0.29, 0.717) is 13.2 Å². The van der Waals surface area contributed by atoms with E-state index >= 15 is 0 Å². The van der Waals surface area contributed by atoms with Crippen molar-refractivity contribution in [1.29, 1.82) is 0 Å². The third-order valence-corrected chi connectivity index (χ3v) is 6.03. The molecule has 114 valence electrons. The first-order chi connectivity index (χ1) is 9.22. The summed E-state index contributed by atoms with van der Waals surface area (Å²) in [5.41, 5.74) is -0.285. The fourth-order valence-electron chi connectivity index (χ4n) is 2.11. The highest BCUT2D eigenvalue weighted by atomic mass is 28.4. The van der Waals surface area contributed by atoms with E-state index in [1.54, 1.807) is 0 Å². The molecule has 1 fully saturated rings. The van der Waals surface area contributed by atoms with Crippen LogP contribution in [0.5, 0.6) is 0 Å². The van der Waals surface area contributed by atoms with Gasteiger partial charge in [0.1, 0.15) is 0 Å². The van der Waals surface area contributed by atoms with Crippen molar-refractivity contribution < 1.29 is 32.4 Å². The average Bonchev–Trinajstić information content (AvgIpc) is 2.20. The summed E-state index contributed by atoms with van der Waals surface area (Å²) >= 11 is 0. The number of carbonyl (C=O) groups excluding carboxylic acids is 3. The Hall–Kier alpha value is -1.41. The van der Waals surface area contributed by atoms with Crippen molar-refractivity contribution in [2.75, 3.05) is 13.2 Å². The number of ether oxygens (including phenoxy) is 1. The zero-order valence-corrected chi connectivity index (χ0v) is 13.2. The molecule has 7 nitrogen and oxygen atoms in total. The lowest BCUT2D eigenvalue weighted by Gasteiger charge is -2.43. The van der Waals surface area contributed by atoms with Crippen molar-refractivity contribution in [1.82, 2.24) is 0 Å². The van der Waals surface area contributed by atoms with Gasteiger partial charge in [0.25, 0.3) is 17.9 Å². The van der Waals surface area contributed by atoms with Crippen LogP contribution in [-0.2, 0) is 32.4 Å². The van der Waals surface area contributed by atoms with Crippen molar-refractivity contribution in [3.63, 3.8) is 0 Å². The second-order valence-corrected chi connectivity index (χ2v) is 7.32. The van der Waals surface area contributed by atoms with Gasteiger partial charge >= 0.3 is 8.80 Å². The van der Waals surface area contributed by atoms with Gasteiger partial charge in [0.2, 0.25) is 0 Å². The van der Waals surface area contributed by atoms with Crippen molar-refractivity contribution in [3.05, 3.63) is 0 Å². The van der Waals surface area contributed by atoms with E-state index in [4.69, 9.17) is 18.0 Å². The molecule has 0 spiro atoms. The van der Waals surface area contributed by atoms with Crippen molar-refractivity contribution in [3.8, 4) is 0 Å². The van der Waals surface area contributed by atoms with Crippen LogP contribution in [0.4, 0.5) is 0 Å². The molecular formula is C12H20O7Si. The van der Waals surface area contributed by atoms with E-state index in [2.05, 4.69) is 0 Å². The maximum atomic E-state index is 11.3. The molecule has 8 heteroatoms. The molecule has 0 aromatic heterocycles. The minimum absolute atomic E-state index is 0.190. The first kappa shape index (κ1) is 16.6. The topological polar surface area (TPSA) is 88.1 Å². The largest absolute Gasteiger partial charge is 0.705 e. The molecule has 0 bridgehead atoms. The van der Waals surface area contributed by atoms with Crippen molar-refractivity contribution in [2.24, 2.45) is 5.41 Å². The van der Waals surface area contributed by atoms with E-state index < -0.39 is 26.7 Å². The highest BCUT2D eigenvalue weighted by Crippen LogP contribution is 2.40. The lowest BCUT2D eigenvalue weighted by atomic mass is 9.85. The van der Waals surface area contributed by atoms with Gasteiger partial charge in [0.05, 0.1) is 19.3 Å². The van der Waals surface area contributed by atoms with E-state index in [1.165, 1.54) is 20.8 Å². The Morgan fingerprint density at radius 1 is 1.00 bits per heavy atom. The van der Waals surface area contributed by atoms with Crippen LogP contribution < -0.4 is 0 Å². The van der Waals surface area contributed by atoms with Gasteiger partial charge in [-0.25, -0.2) is 0 Å². The Morgan fingerprint density at radius 2 is 1.40 bits per heavy atom. The lowest BCUT2D eigenvalue weighted by molar-refractivity contribution is -0.151. The lowest BCUT2D eigenvalue weighted by Crippen LogP contribution is -2.56. The SMILES string of the molecule is CCC1(C[Si](OC(C)=O)(OC(C)=O)OC(C)=O)COC1. The highest BCUT2D eigenvalue weighted by Gasteiger charge is 2.59. The molecule has 0 aliphatic carbocycles. The van der Waals surface area contributed by atoms with Crippen molar-refractivity contribution in [2.45, 2.75) is 40.2 Å². The normalized spacial score (nSPS) is 16.8. The first-order valence-corrected chi connectivity index (χ1v) is 8.32. The van der Waals surface area contributed by atoms with Crippen LogP contribution >= 0.6 is 0 Å². The average molecular weight is 304 g/mol. The van der Waals surface area contributed by atoms with Crippen LogP contribution in [0, 0.1) is 5.41 Å². The van der Waals surface area contributed by atoms with E-state index in [-0.39, 0.29) is 11.5 Å². The molecule has 0 atom stereocenters. The van der Waals surface area contributed by atoms with Gasteiger partial charge in [0, 0.05) is 26.2 Å². The summed E-state index contributed by atoms with van der Waals surface area (Å²) in [5.74, 6) is -1.94. The maximum absolute atomic E-state index is 11.3. The molecule has 0 N–H and O–H groups in total. The van der Waals surface area contributed by atoms with Gasteiger partial charge in [0.15, 0.2) is 0 Å². The standard InChI is InChI=1S/C12H20O7Si/c1-5-12(6-16-7-12)8-20(17-9(2)13,18-10(3)14)19-11(4)15/h5-8H2,1-4H3. The van der Waals surface area contributed by atoms with Gasteiger partial charge in [-0.15, -0.1) is 0 Å². The Kier molecular flexibility index (Phi) is 5.29. The van der Waals surface area contributed by atoms with E-state index in [1.807, 2.05) is 6.92 Å². The molecule has 1 aliphatic rings. The summed E-state index contributed by atoms with van der Waals surface area (Å²) in [7, 11) is -3.74. The summed E-state index contributed by atoms with van der Waals surface area (Å²) in [6.45, 7) is 6.43. The molecule has 0 aromatic rings. The second-order valence-electron chi connectivity index (χ2n) is 4.99. The minimum atomic E-state index is -3.74. The Bertz CT molecular complexity index is 356. The van der Waals surface area contributed by atoms with Crippen LogP contribution in [0.1, 0.15) is 34.1 Å². The van der Waals surface area contributed by atoms with Crippen LogP contribution in [0.25, 0.3) is 0 Å². The number of hydrogen-bond acceptors (Lipinski definition) is 7. The molecule has 1 rings (SSSR count). The Morgan fingerprint density at radius 3 is 1.60 bits per heavy atom. The minimum Gasteiger partial charge on any atom is -0.455 e. The number of carbonyl (C=O) groups is 3. The molecule has 1 heterocycles. The fourth-order valence-corrected chi connectivity index (χ4v) is 5.14. The maximum Gasteiger partial charge on any atom is 0.705 e. The van der Waals surface area contributed by atoms with E-state index in [9.17, 15) is 14.4 Å². The third kappa shape index (κ3) is 4.31. The Balaban J connectivity index is 3.02. The molecular weight excluding hydrogens is 284 g/mol. The summed E-state index contributed by atoms with van der Waals surface area (Å²) in [4.78, 5) is 33.9. The van der Waals surface area contributed by atoms with Crippen LogP contribution in [-0.4, -0.2) is 39.9 Å². The summed E-state index contributed by atoms with van der Waals surface area (Å²) < 4.78 is 20.6. The Labute approximate surface area is 118 Å². The number of rotatable bonds is 6. The predicted octanol–water partition coefficient (Wildman–Crippen LogP) is 1.04. The van der Waals surface area contributed by atoms with Gasteiger partial charge in [-0.1, -0.05) is 6.92 Å². The molecule has 0 radical (unpaired) electrons. The van der Waals surface area contributed by atoms with Gasteiger partial charge in [-0.3, -0.25) is 14.4 Å². The van der Waals surface area contributed by atoms with Crippen LogP contribution in [0.2, 0.25) is 6.04 Å². The summed E-state index contributed by atoms with van der Waals surface area (Å²) in [5, 5.41) is 0. The van der Waals surface area contributed by atoms with Crippen LogP contribution in [0.15, 0.2) is 0 Å². The molecule has 1 aliphatic heterocycles. The molecule has 0 amide bonds. The second kappa shape index (κ2) is 6.36. The van der Waals surface area contributed by atoms with Crippen molar-refractivity contribution >= 4 is 26.7 Å². The van der Waals surface area contributed by atoms with E-state index in [0.717, 1.165) is 6.42 Å². The molecule has 0 saturated carbocycles. The zero-order valence-electron chi connectivity index (χ0n) is 12.2. The highest BCUT2D eigenvalue weighted by molar-refractivity contribution is 6.65. The monoisotopic (exact) mass is 304 g/mol. The smallest absolute Gasteiger partial charge is 0.455 e. The molecule has 0 unspecified atom stereocenters. The fraction of sp³-hybridized carbons (Fsp3) is 0.750. The summed E-state index contributed by atoms with van der Waals surface area (Å²) in [6, 6.07) is 0.190. The number of hydrogen-bond donors (Lipinski definition) is 0. The predicted molar refractivity (Wildman–Crippen MR) is 69.4 cm³/mol. The zero-order chi connectivity index (χ0) is 15.4. The van der Waals surface area contributed by atoms with Gasteiger partial charge in [-0.05, 0) is 6.42 Å². The molecule has 1 saturated heterocycles. The van der Waals surface area contributed by atoms with Crippen LogP contribution in [0.3, 0.4) is 0 Å². The first-order valence-electron chi connectivity index (χ1n) is 6.39. The molecule has 0 aromatic carbocycles. The van der Waals surface area contributed by atoms with Gasteiger partial charge in [-0.2, -0.15) is 0 Å². The van der Waals surface area contributed by atoms with Gasteiger partial charge < -0.3 is 18.0 Å².